The summed E-state index contributed by atoms with van der Waals surface area (Å²) in [6, 6.07) is 3.65. The van der Waals surface area contributed by atoms with Crippen LogP contribution in [0.4, 0.5) is 5.69 Å². The summed E-state index contributed by atoms with van der Waals surface area (Å²) in [6.07, 6.45) is 0. The normalized spacial score (nSPS) is 11.6. The van der Waals surface area contributed by atoms with E-state index in [1.54, 1.807) is 0 Å². The molecule has 0 aromatic heterocycles. The minimum absolute atomic E-state index is 0. The minimum atomic E-state index is -2.33. The Morgan fingerprint density at radius 2 is 2.00 bits per heavy atom. The maximum Gasteiger partial charge on any atom is 1.00 e. The van der Waals surface area contributed by atoms with Crippen LogP contribution >= 0.6 is 0 Å². The number of hydrogen-bond acceptors (Lipinski definition) is 4. The fourth-order valence-corrected chi connectivity index (χ4v) is 1.39. The summed E-state index contributed by atoms with van der Waals surface area (Å²) in [5.74, 6) is 0. The van der Waals surface area contributed by atoms with Crippen LogP contribution in [0.3, 0.4) is 0 Å². The molecule has 70 valence electrons. The van der Waals surface area contributed by atoms with E-state index in [-0.39, 0.29) is 40.1 Å². The Morgan fingerprint density at radius 1 is 1.43 bits per heavy atom. The van der Waals surface area contributed by atoms with Gasteiger partial charge in [-0.2, -0.15) is 0 Å². The molecule has 0 N–H and O–H groups in total. The molecular weight excluding hydrogens is 217 g/mol. The van der Waals surface area contributed by atoms with Crippen LogP contribution in [-0.4, -0.2) is 13.7 Å². The first-order valence-electron chi connectivity index (χ1n) is 3.36. The maximum atomic E-state index is 10.5. The van der Waals surface area contributed by atoms with Crippen molar-refractivity contribution >= 4 is 16.8 Å². The number of benzene rings is 1. The number of nitro groups is 1. The average molecular weight is 223 g/mol. The van der Waals surface area contributed by atoms with Crippen molar-refractivity contribution in [1.29, 1.82) is 0 Å². The van der Waals surface area contributed by atoms with Crippen LogP contribution in [0.5, 0.6) is 0 Å². The van der Waals surface area contributed by atoms with E-state index < -0.39 is 16.0 Å². The molecule has 0 amide bonds. The summed E-state index contributed by atoms with van der Waals surface area (Å²) in [4.78, 5) is 9.86. The molecule has 0 saturated carbocycles. The van der Waals surface area contributed by atoms with Gasteiger partial charge >= 0.3 is 29.6 Å². The van der Waals surface area contributed by atoms with Crippen molar-refractivity contribution in [2.45, 2.75) is 11.8 Å². The molecule has 0 saturated heterocycles. The largest absolute Gasteiger partial charge is 1.00 e. The molecule has 0 aliphatic carbocycles. The van der Waals surface area contributed by atoms with Crippen molar-refractivity contribution in [2.75, 3.05) is 0 Å². The van der Waals surface area contributed by atoms with Crippen molar-refractivity contribution in [1.82, 2.24) is 0 Å². The zero-order valence-electron chi connectivity index (χ0n) is 7.72. The van der Waals surface area contributed by atoms with Gasteiger partial charge < -0.3 is 4.55 Å². The molecule has 1 atom stereocenters. The molecule has 5 nitrogen and oxygen atoms in total. The first-order valence-corrected chi connectivity index (χ1v) is 4.44. The SMILES string of the molecule is Cc1cc(S(=O)[O-])ccc1[N+](=O)[O-].[Na+]. The van der Waals surface area contributed by atoms with Gasteiger partial charge in [-0.05, 0) is 30.1 Å². The third-order valence-corrected chi connectivity index (χ3v) is 2.20. The molecule has 0 aliphatic heterocycles. The van der Waals surface area contributed by atoms with E-state index in [2.05, 4.69) is 0 Å². The summed E-state index contributed by atoms with van der Waals surface area (Å²) in [6.45, 7) is 1.49. The van der Waals surface area contributed by atoms with Crippen molar-refractivity contribution < 1.29 is 43.2 Å². The third kappa shape index (κ3) is 3.14. The Bertz CT molecular complexity index is 382. The van der Waals surface area contributed by atoms with Gasteiger partial charge in [0, 0.05) is 16.5 Å². The molecule has 14 heavy (non-hydrogen) atoms. The summed E-state index contributed by atoms with van der Waals surface area (Å²) in [7, 11) is 0. The topological polar surface area (TPSA) is 83.3 Å². The molecule has 0 aliphatic rings. The maximum absolute atomic E-state index is 10.5. The molecule has 1 aromatic carbocycles. The molecule has 0 fully saturated rings. The van der Waals surface area contributed by atoms with E-state index >= 15 is 0 Å². The number of hydrogen-bond donors (Lipinski definition) is 0. The minimum Gasteiger partial charge on any atom is -0.768 e. The molecule has 0 bridgehead atoms. The Kier molecular flexibility index (Phi) is 5.46. The first-order chi connectivity index (χ1) is 6.02. The Hall–Kier alpha value is -0.270. The Morgan fingerprint density at radius 3 is 2.36 bits per heavy atom. The average Bonchev–Trinajstić information content (AvgIpc) is 2.03. The predicted molar refractivity (Wildman–Crippen MR) is 45.0 cm³/mol. The van der Waals surface area contributed by atoms with Crippen molar-refractivity contribution in [2.24, 2.45) is 0 Å². The molecule has 1 rings (SSSR count). The number of nitrogens with zero attached hydrogens (tertiary/aromatic N) is 1. The van der Waals surface area contributed by atoms with Gasteiger partial charge in [0.05, 0.1) is 4.92 Å². The molecule has 0 spiro atoms. The fraction of sp³-hybridized carbons (Fsp3) is 0.143. The third-order valence-electron chi connectivity index (χ3n) is 1.56. The predicted octanol–water partition coefficient (Wildman–Crippen LogP) is -1.85. The smallest absolute Gasteiger partial charge is 0.768 e. The van der Waals surface area contributed by atoms with E-state index in [9.17, 15) is 18.9 Å². The molecule has 0 radical (unpaired) electrons. The zero-order chi connectivity index (χ0) is 10.0. The van der Waals surface area contributed by atoms with Crippen LogP contribution in [0.2, 0.25) is 0 Å². The van der Waals surface area contributed by atoms with E-state index in [1.165, 1.54) is 25.1 Å². The summed E-state index contributed by atoms with van der Waals surface area (Å²) >= 11 is -2.33. The number of aryl methyl sites for hydroxylation is 1. The van der Waals surface area contributed by atoms with Crippen molar-refractivity contribution in [3.8, 4) is 0 Å². The van der Waals surface area contributed by atoms with Gasteiger partial charge in [0.25, 0.3) is 5.69 Å². The molecule has 1 aromatic rings. The van der Waals surface area contributed by atoms with Gasteiger partial charge in [0.1, 0.15) is 0 Å². The van der Waals surface area contributed by atoms with Gasteiger partial charge in [-0.3, -0.25) is 14.3 Å². The zero-order valence-corrected chi connectivity index (χ0v) is 10.5. The second-order valence-corrected chi connectivity index (χ2v) is 3.38. The van der Waals surface area contributed by atoms with Crippen LogP contribution in [0.1, 0.15) is 5.56 Å². The van der Waals surface area contributed by atoms with Crippen molar-refractivity contribution in [3.05, 3.63) is 33.9 Å². The summed E-state index contributed by atoms with van der Waals surface area (Å²) in [5.41, 5.74) is 0.265. The molecule has 7 heteroatoms. The van der Waals surface area contributed by atoms with Crippen LogP contribution in [0.25, 0.3) is 0 Å². The van der Waals surface area contributed by atoms with E-state index in [1.807, 2.05) is 0 Å². The quantitative estimate of drug-likeness (QED) is 0.255. The van der Waals surface area contributed by atoms with E-state index in [4.69, 9.17) is 0 Å². The van der Waals surface area contributed by atoms with Crippen LogP contribution in [-0.2, 0) is 11.1 Å². The number of nitro benzene ring substituents is 1. The fourth-order valence-electron chi connectivity index (χ4n) is 0.936. The van der Waals surface area contributed by atoms with E-state index in [0.717, 1.165) is 0 Å². The van der Waals surface area contributed by atoms with Crippen LogP contribution < -0.4 is 29.6 Å². The standard InChI is InChI=1S/C7H7NO4S.Na/c1-5-4-6(13(11)12)2-3-7(5)8(9)10;/h2-4H,1H3,(H,11,12);/q;+1/p-1. The Labute approximate surface area is 105 Å². The summed E-state index contributed by atoms with van der Waals surface area (Å²) in [5, 5.41) is 10.4. The molecular formula is C7H6NNaO4S. The molecule has 0 heterocycles. The van der Waals surface area contributed by atoms with Crippen LogP contribution in [0.15, 0.2) is 23.1 Å². The van der Waals surface area contributed by atoms with Crippen molar-refractivity contribution in [3.63, 3.8) is 0 Å². The monoisotopic (exact) mass is 223 g/mol. The van der Waals surface area contributed by atoms with Gasteiger partial charge in [-0.25, -0.2) is 0 Å². The Balaban J connectivity index is 0.00000169. The summed E-state index contributed by atoms with van der Waals surface area (Å²) < 4.78 is 20.9. The number of rotatable bonds is 2. The van der Waals surface area contributed by atoms with Gasteiger partial charge in [0.2, 0.25) is 0 Å². The van der Waals surface area contributed by atoms with E-state index in [0.29, 0.717) is 5.56 Å². The van der Waals surface area contributed by atoms with Gasteiger partial charge in [-0.1, -0.05) is 0 Å². The van der Waals surface area contributed by atoms with Gasteiger partial charge in [-0.15, -0.1) is 0 Å². The second kappa shape index (κ2) is 5.57. The van der Waals surface area contributed by atoms with Gasteiger partial charge in [0.15, 0.2) is 0 Å². The molecule has 1 unspecified atom stereocenters. The first kappa shape index (κ1) is 13.7. The second-order valence-electron chi connectivity index (χ2n) is 2.44. The van der Waals surface area contributed by atoms with Crippen LogP contribution in [0, 0.1) is 17.0 Å².